The summed E-state index contributed by atoms with van der Waals surface area (Å²) in [6, 6.07) is 6.98. The lowest BCUT2D eigenvalue weighted by atomic mass is 10.0. The van der Waals surface area contributed by atoms with Crippen molar-refractivity contribution in [3.8, 4) is 0 Å². The lowest BCUT2D eigenvalue weighted by Gasteiger charge is -2.18. The first kappa shape index (κ1) is 13.3. The van der Waals surface area contributed by atoms with Gasteiger partial charge in [0, 0.05) is 18.1 Å². The minimum atomic E-state index is -0.912. The maximum Gasteiger partial charge on any atom is 0.320 e. The fraction of sp³-hybridized carbons (Fsp3) is 0.462. The van der Waals surface area contributed by atoms with Crippen LogP contribution in [0.2, 0.25) is 5.02 Å². The van der Waals surface area contributed by atoms with Gasteiger partial charge >= 0.3 is 5.97 Å². The molecule has 0 radical (unpaired) electrons. The molecule has 1 saturated heterocycles. The molecule has 0 aromatic heterocycles. The second-order valence-corrected chi connectivity index (χ2v) is 5.21. The summed E-state index contributed by atoms with van der Waals surface area (Å²) in [6.45, 7) is 2.42. The molecule has 0 aliphatic carbocycles. The van der Waals surface area contributed by atoms with Crippen molar-refractivity contribution in [2.45, 2.75) is 19.0 Å². The Labute approximate surface area is 111 Å². The molecule has 1 aliphatic rings. The molecule has 1 aromatic rings. The van der Waals surface area contributed by atoms with Crippen molar-refractivity contribution in [1.29, 1.82) is 0 Å². The Balaban J connectivity index is 1.92. The second kappa shape index (κ2) is 5.69. The second-order valence-electron chi connectivity index (χ2n) is 4.78. The zero-order valence-electron chi connectivity index (χ0n) is 10.1. The predicted molar refractivity (Wildman–Crippen MR) is 70.4 cm³/mol. The highest BCUT2D eigenvalue weighted by molar-refractivity contribution is 6.30. The first-order chi connectivity index (χ1) is 8.56. The Bertz CT molecular complexity index is 439. The van der Waals surface area contributed by atoms with Crippen molar-refractivity contribution < 1.29 is 9.90 Å². The molecule has 2 atom stereocenters. The molecule has 0 saturated carbocycles. The van der Waals surface area contributed by atoms with Gasteiger partial charge in [-0.1, -0.05) is 23.7 Å². The third-order valence-corrected chi connectivity index (χ3v) is 3.63. The molecule has 4 nitrogen and oxygen atoms in total. The van der Waals surface area contributed by atoms with Crippen LogP contribution >= 0.6 is 11.6 Å². The van der Waals surface area contributed by atoms with E-state index in [9.17, 15) is 4.79 Å². The molecule has 0 bridgehead atoms. The van der Waals surface area contributed by atoms with Crippen molar-refractivity contribution >= 4 is 17.6 Å². The van der Waals surface area contributed by atoms with E-state index in [1.54, 1.807) is 0 Å². The third-order valence-electron chi connectivity index (χ3n) is 3.40. The molecule has 98 valence electrons. The van der Waals surface area contributed by atoms with E-state index in [4.69, 9.17) is 22.4 Å². The summed E-state index contributed by atoms with van der Waals surface area (Å²) in [5.41, 5.74) is 6.80. The largest absolute Gasteiger partial charge is 0.480 e. The van der Waals surface area contributed by atoms with Crippen LogP contribution in [0, 0.1) is 5.92 Å². The first-order valence-electron chi connectivity index (χ1n) is 6.01. The summed E-state index contributed by atoms with van der Waals surface area (Å²) < 4.78 is 0. The highest BCUT2D eigenvalue weighted by Gasteiger charge is 2.31. The number of likely N-dealkylation sites (tertiary alicyclic amines) is 1. The van der Waals surface area contributed by atoms with Crippen LogP contribution < -0.4 is 5.73 Å². The summed E-state index contributed by atoms with van der Waals surface area (Å²) in [6.07, 6.45) is 0.841. The molecule has 18 heavy (non-hydrogen) atoms. The number of nitrogens with zero attached hydrogens (tertiary/aromatic N) is 1. The van der Waals surface area contributed by atoms with Crippen molar-refractivity contribution in [2.24, 2.45) is 11.7 Å². The highest BCUT2D eigenvalue weighted by Crippen LogP contribution is 2.21. The minimum absolute atomic E-state index is 0.0432. The van der Waals surface area contributed by atoms with Crippen LogP contribution in [0.3, 0.4) is 0 Å². The van der Waals surface area contributed by atoms with Gasteiger partial charge in [-0.2, -0.15) is 0 Å². The number of rotatable bonds is 4. The standard InChI is InChI=1S/C13H17ClN2O2/c14-11-3-1-2-9(6-11)7-16-5-4-10(8-16)12(15)13(17)18/h1-3,6,10,12H,4-5,7-8,15H2,(H,17,18). The van der Waals surface area contributed by atoms with Gasteiger partial charge in [0.1, 0.15) is 6.04 Å². The van der Waals surface area contributed by atoms with Gasteiger partial charge in [0.2, 0.25) is 0 Å². The van der Waals surface area contributed by atoms with E-state index in [0.29, 0.717) is 0 Å². The zero-order valence-corrected chi connectivity index (χ0v) is 10.8. The average Bonchev–Trinajstić information content (AvgIpc) is 2.76. The smallest absolute Gasteiger partial charge is 0.320 e. The fourth-order valence-electron chi connectivity index (χ4n) is 2.39. The topological polar surface area (TPSA) is 66.6 Å². The normalized spacial score (nSPS) is 22.0. The molecule has 1 aromatic carbocycles. The van der Waals surface area contributed by atoms with Crippen LogP contribution in [0.15, 0.2) is 24.3 Å². The predicted octanol–water partition coefficient (Wildman–Crippen LogP) is 1.57. The van der Waals surface area contributed by atoms with Gasteiger partial charge in [0.15, 0.2) is 0 Å². The SMILES string of the molecule is NC(C(=O)O)C1CCN(Cc2cccc(Cl)c2)C1. The lowest BCUT2D eigenvalue weighted by Crippen LogP contribution is -2.39. The van der Waals surface area contributed by atoms with Crippen LogP contribution in [0.1, 0.15) is 12.0 Å². The monoisotopic (exact) mass is 268 g/mol. The molecule has 2 rings (SSSR count). The summed E-state index contributed by atoms with van der Waals surface area (Å²) in [4.78, 5) is 13.1. The van der Waals surface area contributed by atoms with Gasteiger partial charge in [-0.3, -0.25) is 9.69 Å². The first-order valence-corrected chi connectivity index (χ1v) is 6.39. The molecule has 5 heteroatoms. The average molecular weight is 269 g/mol. The Morgan fingerprint density at radius 2 is 2.39 bits per heavy atom. The van der Waals surface area contributed by atoms with Gasteiger partial charge in [0.05, 0.1) is 0 Å². The molecule has 3 N–H and O–H groups in total. The summed E-state index contributed by atoms with van der Waals surface area (Å²) >= 11 is 5.93. The molecular weight excluding hydrogens is 252 g/mol. The number of aliphatic carboxylic acids is 1. The van der Waals surface area contributed by atoms with E-state index in [1.807, 2.05) is 24.3 Å². The quantitative estimate of drug-likeness (QED) is 0.870. The molecule has 2 unspecified atom stereocenters. The molecule has 0 amide bonds. The molecular formula is C13H17ClN2O2. The number of hydrogen-bond acceptors (Lipinski definition) is 3. The van der Waals surface area contributed by atoms with Gasteiger partial charge in [0.25, 0.3) is 0 Å². The Kier molecular flexibility index (Phi) is 4.22. The van der Waals surface area contributed by atoms with Crippen molar-refractivity contribution in [2.75, 3.05) is 13.1 Å². The molecule has 0 spiro atoms. The van der Waals surface area contributed by atoms with Crippen LogP contribution in [-0.4, -0.2) is 35.1 Å². The molecule has 1 aliphatic heterocycles. The van der Waals surface area contributed by atoms with E-state index in [1.165, 1.54) is 0 Å². The van der Waals surface area contributed by atoms with Gasteiger partial charge in [-0.15, -0.1) is 0 Å². The minimum Gasteiger partial charge on any atom is -0.480 e. The van der Waals surface area contributed by atoms with Gasteiger partial charge < -0.3 is 10.8 Å². The Morgan fingerprint density at radius 3 is 3.06 bits per heavy atom. The molecule has 1 heterocycles. The van der Waals surface area contributed by atoms with Crippen LogP contribution in [0.5, 0.6) is 0 Å². The number of carbonyl (C=O) groups is 1. The Morgan fingerprint density at radius 1 is 1.61 bits per heavy atom. The maximum absolute atomic E-state index is 10.8. The van der Waals surface area contributed by atoms with E-state index in [2.05, 4.69) is 4.90 Å². The summed E-state index contributed by atoms with van der Waals surface area (Å²) in [5.74, 6) is -0.869. The summed E-state index contributed by atoms with van der Waals surface area (Å²) in [5, 5.41) is 9.62. The number of benzene rings is 1. The lowest BCUT2D eigenvalue weighted by molar-refractivity contribution is -0.139. The maximum atomic E-state index is 10.8. The third kappa shape index (κ3) is 3.22. The van der Waals surface area contributed by atoms with E-state index >= 15 is 0 Å². The highest BCUT2D eigenvalue weighted by atomic mass is 35.5. The number of carboxylic acid groups (broad SMARTS) is 1. The molecule has 1 fully saturated rings. The zero-order chi connectivity index (χ0) is 13.1. The number of nitrogens with two attached hydrogens (primary N) is 1. The summed E-state index contributed by atoms with van der Waals surface area (Å²) in [7, 11) is 0. The number of hydrogen-bond donors (Lipinski definition) is 2. The van der Waals surface area contributed by atoms with Crippen LogP contribution in [-0.2, 0) is 11.3 Å². The fourth-order valence-corrected chi connectivity index (χ4v) is 2.61. The van der Waals surface area contributed by atoms with E-state index < -0.39 is 12.0 Å². The Hall–Kier alpha value is -1.10. The van der Waals surface area contributed by atoms with Gasteiger partial charge in [-0.25, -0.2) is 0 Å². The van der Waals surface area contributed by atoms with E-state index in [-0.39, 0.29) is 5.92 Å². The van der Waals surface area contributed by atoms with Crippen molar-refractivity contribution in [1.82, 2.24) is 4.90 Å². The van der Waals surface area contributed by atoms with Gasteiger partial charge in [-0.05, 0) is 36.6 Å². The number of carboxylic acids is 1. The number of halogens is 1. The van der Waals surface area contributed by atoms with Crippen LogP contribution in [0.4, 0.5) is 0 Å². The van der Waals surface area contributed by atoms with Crippen LogP contribution in [0.25, 0.3) is 0 Å². The van der Waals surface area contributed by atoms with Crippen molar-refractivity contribution in [3.05, 3.63) is 34.9 Å². The van der Waals surface area contributed by atoms with Crippen molar-refractivity contribution in [3.63, 3.8) is 0 Å². The van der Waals surface area contributed by atoms with E-state index in [0.717, 1.165) is 36.6 Å².